The SMILES string of the molecule is C=C1NC(=O)CCN1c1cccc(C(C)C)c1. The highest BCUT2D eigenvalue weighted by Crippen LogP contribution is 2.24. The number of rotatable bonds is 2. The number of carbonyl (C=O) groups is 1. The third kappa shape index (κ3) is 2.49. The summed E-state index contributed by atoms with van der Waals surface area (Å²) in [5.41, 5.74) is 2.40. The van der Waals surface area contributed by atoms with E-state index in [1.807, 2.05) is 11.0 Å². The molecule has 0 atom stereocenters. The number of benzene rings is 1. The molecule has 1 heterocycles. The summed E-state index contributed by atoms with van der Waals surface area (Å²) in [6.45, 7) is 8.94. The number of hydrogen-bond acceptors (Lipinski definition) is 2. The molecule has 1 aliphatic rings. The van der Waals surface area contributed by atoms with E-state index in [1.165, 1.54) is 5.56 Å². The maximum absolute atomic E-state index is 11.2. The number of nitrogens with one attached hydrogen (secondary N) is 1. The first-order valence-electron chi connectivity index (χ1n) is 5.94. The molecule has 1 N–H and O–H groups in total. The van der Waals surface area contributed by atoms with E-state index in [0.717, 1.165) is 5.69 Å². The van der Waals surface area contributed by atoms with Crippen LogP contribution in [-0.4, -0.2) is 12.5 Å². The number of amides is 1. The van der Waals surface area contributed by atoms with Crippen molar-refractivity contribution in [1.29, 1.82) is 0 Å². The van der Waals surface area contributed by atoms with E-state index >= 15 is 0 Å². The summed E-state index contributed by atoms with van der Waals surface area (Å²) in [6, 6.07) is 8.38. The van der Waals surface area contributed by atoms with E-state index in [4.69, 9.17) is 0 Å². The molecule has 1 aromatic rings. The van der Waals surface area contributed by atoms with Gasteiger partial charge in [-0.1, -0.05) is 32.6 Å². The molecule has 1 fully saturated rings. The summed E-state index contributed by atoms with van der Waals surface area (Å²) in [6.07, 6.45) is 0.519. The summed E-state index contributed by atoms with van der Waals surface area (Å²) in [7, 11) is 0. The summed E-state index contributed by atoms with van der Waals surface area (Å²) in [5.74, 6) is 1.22. The third-order valence-corrected chi connectivity index (χ3v) is 3.02. The largest absolute Gasteiger partial charge is 0.328 e. The smallest absolute Gasteiger partial charge is 0.227 e. The molecule has 1 aromatic carbocycles. The van der Waals surface area contributed by atoms with Crippen LogP contribution in [0.15, 0.2) is 36.7 Å². The molecule has 0 aliphatic carbocycles. The normalized spacial score (nSPS) is 16.3. The first-order chi connectivity index (χ1) is 8.08. The van der Waals surface area contributed by atoms with Crippen LogP contribution in [-0.2, 0) is 4.79 Å². The first-order valence-corrected chi connectivity index (χ1v) is 5.94. The van der Waals surface area contributed by atoms with Gasteiger partial charge >= 0.3 is 0 Å². The molecule has 3 nitrogen and oxygen atoms in total. The van der Waals surface area contributed by atoms with Crippen LogP contribution in [0.5, 0.6) is 0 Å². The van der Waals surface area contributed by atoms with Gasteiger partial charge in [0.1, 0.15) is 5.82 Å². The Morgan fingerprint density at radius 2 is 2.18 bits per heavy atom. The van der Waals surface area contributed by atoms with Gasteiger partial charge in [0.05, 0.1) is 0 Å². The highest BCUT2D eigenvalue weighted by Gasteiger charge is 2.19. The standard InChI is InChI=1S/C14H18N2O/c1-10(2)12-5-4-6-13(9-12)16-8-7-14(17)15-11(16)3/h4-6,9-10H,3,7-8H2,1-2H3,(H,15,17). The van der Waals surface area contributed by atoms with Crippen molar-refractivity contribution < 1.29 is 4.79 Å². The van der Waals surface area contributed by atoms with Crippen molar-refractivity contribution in [2.45, 2.75) is 26.2 Å². The molecule has 0 spiro atoms. The monoisotopic (exact) mass is 230 g/mol. The molecular formula is C14H18N2O. The third-order valence-electron chi connectivity index (χ3n) is 3.02. The summed E-state index contributed by atoms with van der Waals surface area (Å²) < 4.78 is 0. The lowest BCUT2D eigenvalue weighted by atomic mass is 10.0. The lowest BCUT2D eigenvalue weighted by Crippen LogP contribution is -2.42. The van der Waals surface area contributed by atoms with Crippen LogP contribution in [0.4, 0.5) is 5.69 Å². The molecule has 0 bridgehead atoms. The fourth-order valence-corrected chi connectivity index (χ4v) is 1.98. The van der Waals surface area contributed by atoms with Crippen LogP contribution in [0.1, 0.15) is 31.7 Å². The molecule has 2 rings (SSSR count). The van der Waals surface area contributed by atoms with Crippen LogP contribution < -0.4 is 10.2 Å². The molecule has 1 saturated heterocycles. The number of anilines is 1. The number of hydrogen-bond donors (Lipinski definition) is 1. The van der Waals surface area contributed by atoms with Crippen LogP contribution in [0.3, 0.4) is 0 Å². The molecule has 90 valence electrons. The Bertz CT molecular complexity index is 451. The van der Waals surface area contributed by atoms with E-state index in [1.54, 1.807) is 0 Å². The van der Waals surface area contributed by atoms with Crippen molar-refractivity contribution in [3.63, 3.8) is 0 Å². The van der Waals surface area contributed by atoms with E-state index in [-0.39, 0.29) is 5.91 Å². The van der Waals surface area contributed by atoms with E-state index in [9.17, 15) is 4.79 Å². The van der Waals surface area contributed by atoms with Crippen molar-refractivity contribution >= 4 is 11.6 Å². The molecule has 0 unspecified atom stereocenters. The van der Waals surface area contributed by atoms with E-state index in [2.05, 4.69) is 43.9 Å². The molecule has 3 heteroatoms. The van der Waals surface area contributed by atoms with Gasteiger partial charge in [-0.25, -0.2) is 0 Å². The zero-order valence-electron chi connectivity index (χ0n) is 10.4. The average molecular weight is 230 g/mol. The Hall–Kier alpha value is -1.77. The van der Waals surface area contributed by atoms with Crippen LogP contribution in [0, 0.1) is 0 Å². The van der Waals surface area contributed by atoms with Gasteiger partial charge in [0.25, 0.3) is 0 Å². The van der Waals surface area contributed by atoms with Gasteiger partial charge in [0.2, 0.25) is 5.91 Å². The molecule has 0 aromatic heterocycles. The number of carbonyl (C=O) groups excluding carboxylic acids is 1. The fraction of sp³-hybridized carbons (Fsp3) is 0.357. The van der Waals surface area contributed by atoms with Crippen molar-refractivity contribution in [1.82, 2.24) is 5.32 Å². The highest BCUT2D eigenvalue weighted by molar-refractivity contribution is 5.81. The zero-order valence-corrected chi connectivity index (χ0v) is 10.4. The van der Waals surface area contributed by atoms with Crippen molar-refractivity contribution in [2.75, 3.05) is 11.4 Å². The predicted molar refractivity (Wildman–Crippen MR) is 69.8 cm³/mol. The molecular weight excluding hydrogens is 212 g/mol. The van der Waals surface area contributed by atoms with E-state index in [0.29, 0.717) is 24.7 Å². The maximum atomic E-state index is 11.2. The second-order valence-electron chi connectivity index (χ2n) is 4.65. The molecule has 1 aliphatic heterocycles. The molecule has 1 amide bonds. The molecule has 0 saturated carbocycles. The van der Waals surface area contributed by atoms with Crippen LogP contribution in [0.25, 0.3) is 0 Å². The van der Waals surface area contributed by atoms with Crippen molar-refractivity contribution in [2.24, 2.45) is 0 Å². The second-order valence-corrected chi connectivity index (χ2v) is 4.65. The van der Waals surface area contributed by atoms with Gasteiger partial charge in [0, 0.05) is 18.7 Å². The zero-order chi connectivity index (χ0) is 12.4. The maximum Gasteiger partial charge on any atom is 0.227 e. The Morgan fingerprint density at radius 1 is 1.41 bits per heavy atom. The van der Waals surface area contributed by atoms with Crippen LogP contribution >= 0.6 is 0 Å². The lowest BCUT2D eigenvalue weighted by Gasteiger charge is -2.31. The second kappa shape index (κ2) is 4.62. The van der Waals surface area contributed by atoms with Gasteiger partial charge in [-0.3, -0.25) is 4.79 Å². The summed E-state index contributed by atoms with van der Waals surface area (Å²) in [4.78, 5) is 13.3. The minimum Gasteiger partial charge on any atom is -0.328 e. The van der Waals surface area contributed by atoms with Gasteiger partial charge in [0.15, 0.2) is 0 Å². The Balaban J connectivity index is 2.25. The summed E-state index contributed by atoms with van der Waals surface area (Å²) >= 11 is 0. The van der Waals surface area contributed by atoms with Gasteiger partial charge in [-0.2, -0.15) is 0 Å². The number of nitrogens with zero attached hydrogens (tertiary/aromatic N) is 1. The van der Waals surface area contributed by atoms with Crippen molar-refractivity contribution in [3.8, 4) is 0 Å². The quantitative estimate of drug-likeness (QED) is 0.847. The van der Waals surface area contributed by atoms with Crippen molar-refractivity contribution in [3.05, 3.63) is 42.2 Å². The van der Waals surface area contributed by atoms with Gasteiger partial charge in [-0.15, -0.1) is 0 Å². The fourth-order valence-electron chi connectivity index (χ4n) is 1.98. The lowest BCUT2D eigenvalue weighted by molar-refractivity contribution is -0.120. The first kappa shape index (κ1) is 11.7. The highest BCUT2D eigenvalue weighted by atomic mass is 16.1. The minimum absolute atomic E-state index is 0.0475. The Labute approximate surface area is 102 Å². The van der Waals surface area contributed by atoms with Gasteiger partial charge in [-0.05, 0) is 23.6 Å². The molecule has 17 heavy (non-hydrogen) atoms. The van der Waals surface area contributed by atoms with Gasteiger partial charge < -0.3 is 10.2 Å². The topological polar surface area (TPSA) is 32.3 Å². The Morgan fingerprint density at radius 3 is 2.82 bits per heavy atom. The predicted octanol–water partition coefficient (Wildman–Crippen LogP) is 2.61. The Kier molecular flexibility index (Phi) is 3.18. The average Bonchev–Trinajstić information content (AvgIpc) is 2.29. The summed E-state index contributed by atoms with van der Waals surface area (Å²) in [5, 5.41) is 2.77. The van der Waals surface area contributed by atoms with Crippen LogP contribution in [0.2, 0.25) is 0 Å². The minimum atomic E-state index is 0.0475. The van der Waals surface area contributed by atoms with E-state index < -0.39 is 0 Å². The molecule has 0 radical (unpaired) electrons.